The molecule has 0 saturated carbocycles. The van der Waals surface area contributed by atoms with Crippen LogP contribution in [0.2, 0.25) is 0 Å². The topological polar surface area (TPSA) is 48.4 Å². The van der Waals surface area contributed by atoms with Crippen molar-refractivity contribution >= 4 is 23.3 Å². The van der Waals surface area contributed by atoms with Crippen LogP contribution in [0.25, 0.3) is 0 Å². The van der Waals surface area contributed by atoms with Gasteiger partial charge in [-0.25, -0.2) is 9.97 Å². The fourth-order valence-corrected chi connectivity index (χ4v) is 4.38. The number of benzene rings is 1. The van der Waals surface area contributed by atoms with Gasteiger partial charge in [0.1, 0.15) is 11.6 Å². The molecule has 1 unspecified atom stereocenters. The third-order valence-corrected chi connectivity index (χ3v) is 5.83. The highest BCUT2D eigenvalue weighted by molar-refractivity contribution is 5.68. The van der Waals surface area contributed by atoms with Crippen molar-refractivity contribution in [2.24, 2.45) is 0 Å². The first-order valence-corrected chi connectivity index (χ1v) is 10.3. The van der Waals surface area contributed by atoms with Gasteiger partial charge in [0.05, 0.1) is 0 Å². The maximum Gasteiger partial charge on any atom is 0.232 e. The van der Waals surface area contributed by atoms with Crippen LogP contribution in [0.15, 0.2) is 54.7 Å². The van der Waals surface area contributed by atoms with E-state index in [-0.39, 0.29) is 0 Å². The van der Waals surface area contributed by atoms with Gasteiger partial charge in [-0.2, -0.15) is 4.98 Å². The van der Waals surface area contributed by atoms with Crippen molar-refractivity contribution in [2.45, 2.75) is 26.3 Å². The van der Waals surface area contributed by atoms with Crippen LogP contribution in [-0.4, -0.2) is 47.2 Å². The van der Waals surface area contributed by atoms with E-state index in [1.54, 1.807) is 0 Å². The summed E-state index contributed by atoms with van der Waals surface area (Å²) in [5.41, 5.74) is 3.61. The Labute approximate surface area is 171 Å². The van der Waals surface area contributed by atoms with Crippen molar-refractivity contribution in [3.8, 4) is 0 Å². The van der Waals surface area contributed by atoms with Crippen molar-refractivity contribution in [2.75, 3.05) is 40.9 Å². The Kier molecular flexibility index (Phi) is 4.54. The van der Waals surface area contributed by atoms with Crippen molar-refractivity contribution in [1.82, 2.24) is 15.0 Å². The molecule has 0 spiro atoms. The Bertz CT molecular complexity index is 997. The maximum absolute atomic E-state index is 4.99. The lowest BCUT2D eigenvalue weighted by Gasteiger charge is -2.36. The second kappa shape index (κ2) is 7.35. The average molecular weight is 387 g/mol. The van der Waals surface area contributed by atoms with Crippen molar-refractivity contribution in [3.63, 3.8) is 0 Å². The number of rotatable bonds is 3. The zero-order valence-corrected chi connectivity index (χ0v) is 17.0. The molecule has 2 aliphatic heterocycles. The summed E-state index contributed by atoms with van der Waals surface area (Å²) in [6, 6.07) is 17.1. The monoisotopic (exact) mass is 386 g/mol. The Morgan fingerprint density at radius 1 is 0.862 bits per heavy atom. The minimum atomic E-state index is 0.364. The Morgan fingerprint density at radius 3 is 2.34 bits per heavy atom. The highest BCUT2D eigenvalue weighted by Gasteiger charge is 2.29. The van der Waals surface area contributed by atoms with Crippen LogP contribution in [-0.2, 0) is 6.42 Å². The molecule has 1 saturated heterocycles. The Hall–Kier alpha value is -3.15. The highest BCUT2D eigenvalue weighted by Crippen LogP contribution is 2.37. The molecule has 4 heterocycles. The molecule has 1 fully saturated rings. The van der Waals surface area contributed by atoms with E-state index in [2.05, 4.69) is 69.9 Å². The molecule has 2 aromatic heterocycles. The molecule has 2 aliphatic rings. The smallest absolute Gasteiger partial charge is 0.232 e. The molecule has 3 aromatic rings. The Morgan fingerprint density at radius 2 is 1.59 bits per heavy atom. The molecule has 5 rings (SSSR count). The molecule has 1 aromatic carbocycles. The standard InChI is InChI=1S/C23H26N6/c1-17-15-22(28-13-11-27(12-14-28)21-9-5-6-10-24-21)26-23(25-17)29-18(2)16-19-7-3-4-8-20(19)29/h3-10,15,18H,11-14,16H2,1-2H3. The molecule has 1 atom stereocenters. The number of nitrogens with zero attached hydrogens (tertiary/aromatic N) is 6. The van der Waals surface area contributed by atoms with E-state index in [0.29, 0.717) is 6.04 Å². The lowest BCUT2D eigenvalue weighted by molar-refractivity contribution is 0.639. The number of aromatic nitrogens is 3. The van der Waals surface area contributed by atoms with Crippen LogP contribution >= 0.6 is 0 Å². The first-order valence-electron chi connectivity index (χ1n) is 10.3. The minimum absolute atomic E-state index is 0.364. The summed E-state index contributed by atoms with van der Waals surface area (Å²) >= 11 is 0. The summed E-state index contributed by atoms with van der Waals surface area (Å²) in [7, 11) is 0. The van der Waals surface area contributed by atoms with Gasteiger partial charge in [-0.1, -0.05) is 24.3 Å². The lowest BCUT2D eigenvalue weighted by Crippen LogP contribution is -2.47. The van der Waals surface area contributed by atoms with E-state index in [1.807, 2.05) is 18.3 Å². The van der Waals surface area contributed by atoms with E-state index in [1.165, 1.54) is 11.3 Å². The quantitative estimate of drug-likeness (QED) is 0.686. The lowest BCUT2D eigenvalue weighted by atomic mass is 10.1. The van der Waals surface area contributed by atoms with E-state index < -0.39 is 0 Å². The zero-order valence-electron chi connectivity index (χ0n) is 17.0. The van der Waals surface area contributed by atoms with E-state index in [9.17, 15) is 0 Å². The highest BCUT2D eigenvalue weighted by atomic mass is 15.3. The molecule has 6 nitrogen and oxygen atoms in total. The summed E-state index contributed by atoms with van der Waals surface area (Å²) in [5.74, 6) is 2.88. The predicted octanol–water partition coefficient (Wildman–Crippen LogP) is 3.59. The fraction of sp³-hybridized carbons (Fsp3) is 0.348. The number of anilines is 4. The predicted molar refractivity (Wildman–Crippen MR) is 117 cm³/mol. The van der Waals surface area contributed by atoms with Crippen molar-refractivity contribution in [3.05, 3.63) is 66.0 Å². The van der Waals surface area contributed by atoms with E-state index >= 15 is 0 Å². The van der Waals surface area contributed by atoms with E-state index in [0.717, 1.165) is 55.9 Å². The summed E-state index contributed by atoms with van der Waals surface area (Å²) in [4.78, 5) is 21.3. The van der Waals surface area contributed by atoms with Crippen LogP contribution in [0.5, 0.6) is 0 Å². The fourth-order valence-electron chi connectivity index (χ4n) is 4.38. The molecule has 0 aliphatic carbocycles. The number of hydrogen-bond acceptors (Lipinski definition) is 6. The van der Waals surface area contributed by atoms with Crippen LogP contribution < -0.4 is 14.7 Å². The molecule has 0 bridgehead atoms. The van der Waals surface area contributed by atoms with Crippen LogP contribution in [0.4, 0.5) is 23.3 Å². The van der Waals surface area contributed by atoms with Crippen LogP contribution in [0, 0.1) is 6.92 Å². The van der Waals surface area contributed by atoms with Gasteiger partial charge in [-0.3, -0.25) is 0 Å². The van der Waals surface area contributed by atoms with E-state index in [4.69, 9.17) is 9.97 Å². The van der Waals surface area contributed by atoms with Crippen LogP contribution in [0.1, 0.15) is 18.2 Å². The molecular weight excluding hydrogens is 360 g/mol. The van der Waals surface area contributed by atoms with Crippen molar-refractivity contribution < 1.29 is 0 Å². The normalized spacial score (nSPS) is 18.8. The number of para-hydroxylation sites is 1. The number of aryl methyl sites for hydroxylation is 1. The second-order valence-electron chi connectivity index (χ2n) is 7.88. The molecule has 0 amide bonds. The number of pyridine rings is 1. The summed E-state index contributed by atoms with van der Waals surface area (Å²) in [5, 5.41) is 0. The second-order valence-corrected chi connectivity index (χ2v) is 7.88. The maximum atomic E-state index is 4.99. The molecule has 6 heteroatoms. The van der Waals surface area contributed by atoms with Gasteiger partial charge < -0.3 is 14.7 Å². The molecule has 0 radical (unpaired) electrons. The molecular formula is C23H26N6. The minimum Gasteiger partial charge on any atom is -0.353 e. The SMILES string of the molecule is Cc1cc(N2CCN(c3ccccn3)CC2)nc(N2c3ccccc3CC2C)n1. The number of piperazine rings is 1. The zero-order chi connectivity index (χ0) is 19.8. The van der Waals surface area contributed by atoms with Gasteiger partial charge in [0.2, 0.25) is 5.95 Å². The summed E-state index contributed by atoms with van der Waals surface area (Å²) < 4.78 is 0. The van der Waals surface area contributed by atoms with Gasteiger partial charge in [0.15, 0.2) is 0 Å². The van der Waals surface area contributed by atoms with Gasteiger partial charge in [0.25, 0.3) is 0 Å². The van der Waals surface area contributed by atoms with Gasteiger partial charge >= 0.3 is 0 Å². The van der Waals surface area contributed by atoms with Gasteiger partial charge in [-0.15, -0.1) is 0 Å². The average Bonchev–Trinajstić information content (AvgIpc) is 3.10. The summed E-state index contributed by atoms with van der Waals surface area (Å²) in [6.45, 7) is 8.05. The number of hydrogen-bond donors (Lipinski definition) is 0. The first kappa shape index (κ1) is 17.9. The van der Waals surface area contributed by atoms with Crippen LogP contribution in [0.3, 0.4) is 0 Å². The Balaban J connectivity index is 1.38. The molecule has 0 N–H and O–H groups in total. The van der Waals surface area contributed by atoms with Gasteiger partial charge in [0, 0.05) is 55.9 Å². The first-order chi connectivity index (χ1) is 14.2. The molecule has 29 heavy (non-hydrogen) atoms. The largest absolute Gasteiger partial charge is 0.353 e. The number of fused-ring (bicyclic) bond motifs is 1. The summed E-state index contributed by atoms with van der Waals surface area (Å²) in [6.07, 6.45) is 2.89. The van der Waals surface area contributed by atoms with Gasteiger partial charge in [-0.05, 0) is 44.0 Å². The third-order valence-electron chi connectivity index (χ3n) is 5.83. The van der Waals surface area contributed by atoms with Crippen molar-refractivity contribution in [1.29, 1.82) is 0 Å². The third kappa shape index (κ3) is 3.39. The molecule has 148 valence electrons.